The number of nitrogens with one attached hydrogen (secondary N) is 2. The molecule has 0 radical (unpaired) electrons. The first-order valence-corrected chi connectivity index (χ1v) is 6.73. The molecule has 2 nitrogen and oxygen atoms in total. The highest BCUT2D eigenvalue weighted by Crippen LogP contribution is 2.26. The summed E-state index contributed by atoms with van der Waals surface area (Å²) in [6.45, 7) is 0.606. The highest BCUT2D eigenvalue weighted by Gasteiger charge is 2.05. The van der Waals surface area contributed by atoms with Gasteiger partial charge in [0.15, 0.2) is 0 Å². The van der Waals surface area contributed by atoms with E-state index < -0.39 is 0 Å². The molecular weight excluding hydrogens is 279 g/mol. The van der Waals surface area contributed by atoms with Gasteiger partial charge in [-0.15, -0.1) is 0 Å². The van der Waals surface area contributed by atoms with Crippen LogP contribution in [0.2, 0.25) is 10.0 Å². The van der Waals surface area contributed by atoms with Crippen LogP contribution in [0, 0.1) is 0 Å². The smallest absolute Gasteiger partial charge is 0.0470 e. The lowest BCUT2D eigenvalue weighted by Gasteiger charge is -2.10. The molecule has 2 aromatic carbocycles. The van der Waals surface area contributed by atoms with E-state index in [0.717, 1.165) is 16.8 Å². The van der Waals surface area contributed by atoms with Crippen molar-refractivity contribution in [2.45, 2.75) is 6.54 Å². The van der Waals surface area contributed by atoms with Gasteiger partial charge in [0.25, 0.3) is 0 Å². The molecule has 3 aromatic rings. The topological polar surface area (TPSA) is 27.8 Å². The second-order valence-corrected chi connectivity index (χ2v) is 5.15. The van der Waals surface area contributed by atoms with Crippen molar-refractivity contribution in [2.75, 3.05) is 5.32 Å². The molecule has 96 valence electrons. The summed E-state index contributed by atoms with van der Waals surface area (Å²) in [4.78, 5) is 3.17. The number of anilines is 1. The van der Waals surface area contributed by atoms with E-state index in [0.29, 0.717) is 16.6 Å². The molecule has 0 unspecified atom stereocenters. The third-order valence-electron chi connectivity index (χ3n) is 3.08. The summed E-state index contributed by atoms with van der Waals surface area (Å²) in [5.74, 6) is 0. The first-order valence-electron chi connectivity index (χ1n) is 5.98. The standard InChI is InChI=1S/C15H12Cl2N2/c16-13-2-1-3-14(17)12(13)9-19-11-4-5-15-10(8-11)6-7-18-15/h1-8,18-19H,9H2. The van der Waals surface area contributed by atoms with Crippen molar-refractivity contribution in [1.82, 2.24) is 4.98 Å². The van der Waals surface area contributed by atoms with Gasteiger partial charge in [0.2, 0.25) is 0 Å². The minimum atomic E-state index is 0.606. The fourth-order valence-corrected chi connectivity index (χ4v) is 2.59. The maximum Gasteiger partial charge on any atom is 0.0470 e. The van der Waals surface area contributed by atoms with Gasteiger partial charge in [0.1, 0.15) is 0 Å². The largest absolute Gasteiger partial charge is 0.381 e. The molecule has 0 saturated carbocycles. The van der Waals surface area contributed by atoms with Crippen LogP contribution in [-0.2, 0) is 6.54 Å². The zero-order chi connectivity index (χ0) is 13.2. The summed E-state index contributed by atoms with van der Waals surface area (Å²) >= 11 is 12.3. The van der Waals surface area contributed by atoms with Crippen LogP contribution in [0.25, 0.3) is 10.9 Å². The molecule has 0 aliphatic rings. The molecule has 0 amide bonds. The Morgan fingerprint density at radius 2 is 1.79 bits per heavy atom. The van der Waals surface area contributed by atoms with Gasteiger partial charge in [0, 0.05) is 44.9 Å². The Bertz CT molecular complexity index is 699. The third kappa shape index (κ3) is 2.55. The maximum absolute atomic E-state index is 6.14. The number of fused-ring (bicyclic) bond motifs is 1. The van der Waals surface area contributed by atoms with Gasteiger partial charge in [-0.3, -0.25) is 0 Å². The zero-order valence-corrected chi connectivity index (χ0v) is 11.6. The van der Waals surface area contributed by atoms with Gasteiger partial charge in [0.05, 0.1) is 0 Å². The molecule has 0 spiro atoms. The molecule has 0 atom stereocenters. The fraction of sp³-hybridized carbons (Fsp3) is 0.0667. The molecule has 0 bridgehead atoms. The quantitative estimate of drug-likeness (QED) is 0.691. The van der Waals surface area contributed by atoms with E-state index >= 15 is 0 Å². The number of benzene rings is 2. The summed E-state index contributed by atoms with van der Waals surface area (Å²) in [6, 6.07) is 13.8. The van der Waals surface area contributed by atoms with Crippen molar-refractivity contribution in [2.24, 2.45) is 0 Å². The van der Waals surface area contributed by atoms with Crippen LogP contribution in [-0.4, -0.2) is 4.98 Å². The predicted molar refractivity (Wildman–Crippen MR) is 82.1 cm³/mol. The lowest BCUT2D eigenvalue weighted by Crippen LogP contribution is -2.00. The highest BCUT2D eigenvalue weighted by atomic mass is 35.5. The number of hydrogen-bond donors (Lipinski definition) is 2. The molecule has 0 aliphatic heterocycles. The molecule has 3 rings (SSSR count). The van der Waals surface area contributed by atoms with E-state index in [1.54, 1.807) is 0 Å². The van der Waals surface area contributed by atoms with Crippen LogP contribution in [0.5, 0.6) is 0 Å². The molecule has 2 N–H and O–H groups in total. The Morgan fingerprint density at radius 1 is 1.00 bits per heavy atom. The van der Waals surface area contributed by atoms with Crippen molar-refractivity contribution >= 4 is 39.8 Å². The molecule has 0 aliphatic carbocycles. The van der Waals surface area contributed by atoms with Gasteiger partial charge < -0.3 is 10.3 Å². The van der Waals surface area contributed by atoms with E-state index in [2.05, 4.69) is 16.4 Å². The monoisotopic (exact) mass is 290 g/mol. The molecule has 19 heavy (non-hydrogen) atoms. The number of rotatable bonds is 3. The summed E-state index contributed by atoms with van der Waals surface area (Å²) in [6.07, 6.45) is 1.93. The summed E-state index contributed by atoms with van der Waals surface area (Å²) < 4.78 is 0. The molecular formula is C15H12Cl2N2. The Kier molecular flexibility index (Phi) is 3.36. The molecule has 0 fully saturated rings. The molecule has 0 saturated heterocycles. The average molecular weight is 291 g/mol. The third-order valence-corrected chi connectivity index (χ3v) is 3.79. The van der Waals surface area contributed by atoms with Crippen molar-refractivity contribution in [3.8, 4) is 0 Å². The van der Waals surface area contributed by atoms with Crippen molar-refractivity contribution in [1.29, 1.82) is 0 Å². The van der Waals surface area contributed by atoms with Gasteiger partial charge in [-0.25, -0.2) is 0 Å². The Labute approximate surface area is 121 Å². The van der Waals surface area contributed by atoms with Crippen molar-refractivity contribution in [3.63, 3.8) is 0 Å². The van der Waals surface area contributed by atoms with Crippen LogP contribution >= 0.6 is 23.2 Å². The summed E-state index contributed by atoms with van der Waals surface area (Å²) in [7, 11) is 0. The van der Waals surface area contributed by atoms with Gasteiger partial charge in [-0.1, -0.05) is 29.3 Å². The lowest BCUT2D eigenvalue weighted by atomic mass is 10.2. The molecule has 4 heteroatoms. The summed E-state index contributed by atoms with van der Waals surface area (Å²) in [5.41, 5.74) is 3.09. The van der Waals surface area contributed by atoms with E-state index in [4.69, 9.17) is 23.2 Å². The number of aromatic amines is 1. The molecule has 1 aromatic heterocycles. The minimum absolute atomic E-state index is 0.606. The van der Waals surface area contributed by atoms with Crippen molar-refractivity contribution in [3.05, 3.63) is 64.3 Å². The van der Waals surface area contributed by atoms with Crippen molar-refractivity contribution < 1.29 is 0 Å². The fourth-order valence-electron chi connectivity index (χ4n) is 2.05. The van der Waals surface area contributed by atoms with Crippen LogP contribution in [0.15, 0.2) is 48.7 Å². The Balaban J connectivity index is 1.82. The number of halogens is 2. The normalized spacial score (nSPS) is 10.8. The van der Waals surface area contributed by atoms with Crippen LogP contribution < -0.4 is 5.32 Å². The lowest BCUT2D eigenvalue weighted by molar-refractivity contribution is 1.15. The predicted octanol–water partition coefficient (Wildman–Crippen LogP) is 5.09. The van der Waals surface area contributed by atoms with Gasteiger partial charge >= 0.3 is 0 Å². The molecule has 1 heterocycles. The first-order chi connectivity index (χ1) is 9.24. The Morgan fingerprint density at radius 3 is 2.58 bits per heavy atom. The second-order valence-electron chi connectivity index (χ2n) is 4.33. The number of hydrogen-bond acceptors (Lipinski definition) is 1. The van der Waals surface area contributed by atoms with E-state index in [-0.39, 0.29) is 0 Å². The van der Waals surface area contributed by atoms with Crippen LogP contribution in [0.3, 0.4) is 0 Å². The number of aromatic nitrogens is 1. The van der Waals surface area contributed by atoms with E-state index in [9.17, 15) is 0 Å². The average Bonchev–Trinajstić information content (AvgIpc) is 2.85. The first kappa shape index (κ1) is 12.4. The second kappa shape index (κ2) is 5.16. The van der Waals surface area contributed by atoms with Gasteiger partial charge in [-0.2, -0.15) is 0 Å². The summed E-state index contributed by atoms with van der Waals surface area (Å²) in [5, 5.41) is 5.88. The minimum Gasteiger partial charge on any atom is -0.381 e. The van der Waals surface area contributed by atoms with E-state index in [1.165, 1.54) is 5.39 Å². The van der Waals surface area contributed by atoms with E-state index in [1.807, 2.05) is 42.6 Å². The number of H-pyrrole nitrogens is 1. The SMILES string of the molecule is Clc1cccc(Cl)c1CNc1ccc2[nH]ccc2c1. The zero-order valence-electron chi connectivity index (χ0n) is 10.1. The van der Waals surface area contributed by atoms with Crippen LogP contribution in [0.1, 0.15) is 5.56 Å². The highest BCUT2D eigenvalue weighted by molar-refractivity contribution is 6.36. The van der Waals surface area contributed by atoms with Crippen LogP contribution in [0.4, 0.5) is 5.69 Å². The maximum atomic E-state index is 6.14. The Hall–Kier alpha value is -1.64. The van der Waals surface area contributed by atoms with Gasteiger partial charge in [-0.05, 0) is 36.4 Å².